The molecule has 2 heterocycles. The zero-order valence-corrected chi connectivity index (χ0v) is 15.4. The Balaban J connectivity index is 1.43. The van der Waals surface area contributed by atoms with Crippen molar-refractivity contribution in [1.29, 1.82) is 0 Å². The van der Waals surface area contributed by atoms with Crippen molar-refractivity contribution in [3.05, 3.63) is 48.0 Å². The van der Waals surface area contributed by atoms with E-state index >= 15 is 0 Å². The van der Waals surface area contributed by atoms with Crippen LogP contribution in [0.5, 0.6) is 0 Å². The van der Waals surface area contributed by atoms with Crippen LogP contribution in [0, 0.1) is 0 Å². The molecule has 0 atom stereocenters. The number of rotatable bonds is 3. The molecule has 28 heavy (non-hydrogen) atoms. The van der Waals surface area contributed by atoms with Gasteiger partial charge in [-0.05, 0) is 48.4 Å². The number of benzene rings is 2. The summed E-state index contributed by atoms with van der Waals surface area (Å²) in [5.41, 5.74) is 3.81. The second kappa shape index (κ2) is 7.22. The number of cyclic esters (lactones) is 1. The van der Waals surface area contributed by atoms with Crippen molar-refractivity contribution in [2.24, 2.45) is 0 Å². The fourth-order valence-corrected chi connectivity index (χ4v) is 3.48. The van der Waals surface area contributed by atoms with E-state index in [4.69, 9.17) is 4.74 Å². The van der Waals surface area contributed by atoms with Crippen LogP contribution in [0.4, 0.5) is 32.3 Å². The van der Waals surface area contributed by atoms with Crippen molar-refractivity contribution in [3.8, 4) is 0 Å². The van der Waals surface area contributed by atoms with E-state index in [2.05, 4.69) is 10.6 Å². The molecule has 2 aliphatic heterocycles. The predicted octanol–water partition coefficient (Wildman–Crippen LogP) is 3.20. The van der Waals surface area contributed by atoms with Gasteiger partial charge in [0, 0.05) is 36.2 Å². The largest absolute Gasteiger partial charge is 0.447 e. The van der Waals surface area contributed by atoms with Gasteiger partial charge in [0.25, 0.3) is 0 Å². The van der Waals surface area contributed by atoms with Gasteiger partial charge in [-0.2, -0.15) is 0 Å². The first-order valence-corrected chi connectivity index (χ1v) is 9.05. The summed E-state index contributed by atoms with van der Waals surface area (Å²) in [6, 6.07) is 12.1. The molecule has 0 aliphatic carbocycles. The van der Waals surface area contributed by atoms with E-state index in [1.807, 2.05) is 12.1 Å². The third kappa shape index (κ3) is 3.48. The maximum absolute atomic E-state index is 12.4. The molecule has 0 radical (unpaired) electrons. The summed E-state index contributed by atoms with van der Waals surface area (Å²) in [6.07, 6.45) is 0.374. The van der Waals surface area contributed by atoms with E-state index in [-0.39, 0.29) is 18.0 Å². The highest BCUT2D eigenvalue weighted by Crippen LogP contribution is 2.30. The highest BCUT2D eigenvalue weighted by molar-refractivity contribution is 6.01. The van der Waals surface area contributed by atoms with Crippen LogP contribution in [-0.2, 0) is 16.0 Å². The number of nitrogens with zero attached hydrogens (tertiary/aromatic N) is 2. The zero-order chi connectivity index (χ0) is 19.7. The summed E-state index contributed by atoms with van der Waals surface area (Å²) in [6.45, 7) is 3.05. The smallest absolute Gasteiger partial charge is 0.414 e. The summed E-state index contributed by atoms with van der Waals surface area (Å²) in [4.78, 5) is 38.9. The van der Waals surface area contributed by atoms with Gasteiger partial charge in [-0.3, -0.25) is 9.69 Å². The maximum Gasteiger partial charge on any atom is 0.414 e. The van der Waals surface area contributed by atoms with E-state index in [0.29, 0.717) is 36.8 Å². The van der Waals surface area contributed by atoms with Crippen molar-refractivity contribution >= 4 is 40.8 Å². The zero-order valence-electron chi connectivity index (χ0n) is 15.4. The number of carbonyl (C=O) groups excluding carboxylic acids is 3. The Labute approximate surface area is 162 Å². The van der Waals surface area contributed by atoms with Crippen LogP contribution in [0.25, 0.3) is 0 Å². The van der Waals surface area contributed by atoms with Crippen LogP contribution < -0.4 is 20.4 Å². The fraction of sp³-hybridized carbons (Fsp3) is 0.250. The molecule has 0 saturated carbocycles. The summed E-state index contributed by atoms with van der Waals surface area (Å²) < 4.78 is 4.94. The van der Waals surface area contributed by atoms with E-state index in [1.54, 1.807) is 42.2 Å². The molecule has 0 bridgehead atoms. The van der Waals surface area contributed by atoms with Gasteiger partial charge < -0.3 is 20.3 Å². The van der Waals surface area contributed by atoms with Crippen molar-refractivity contribution in [1.82, 2.24) is 0 Å². The topological polar surface area (TPSA) is 91.0 Å². The number of hydrogen-bond acceptors (Lipinski definition) is 4. The Kier molecular flexibility index (Phi) is 4.60. The summed E-state index contributed by atoms with van der Waals surface area (Å²) in [7, 11) is 0. The van der Waals surface area contributed by atoms with Crippen LogP contribution >= 0.6 is 0 Å². The van der Waals surface area contributed by atoms with E-state index in [1.165, 1.54) is 4.90 Å². The minimum Gasteiger partial charge on any atom is -0.447 e. The lowest BCUT2D eigenvalue weighted by Gasteiger charge is -2.16. The Morgan fingerprint density at radius 2 is 1.82 bits per heavy atom. The minimum absolute atomic E-state index is 0.0129. The molecular formula is C20H20N4O4. The van der Waals surface area contributed by atoms with Gasteiger partial charge in [0.2, 0.25) is 5.91 Å². The molecule has 4 rings (SSSR count). The van der Waals surface area contributed by atoms with Gasteiger partial charge in [-0.15, -0.1) is 0 Å². The average Bonchev–Trinajstić information content (AvgIpc) is 3.27. The second-order valence-electron chi connectivity index (χ2n) is 6.66. The molecule has 1 saturated heterocycles. The number of hydrogen-bond donors (Lipinski definition) is 2. The average molecular weight is 380 g/mol. The summed E-state index contributed by atoms with van der Waals surface area (Å²) in [5.74, 6) is 0.0129. The number of carbonyl (C=O) groups is 3. The number of amides is 4. The lowest BCUT2D eigenvalue weighted by molar-refractivity contribution is -0.116. The SMILES string of the molecule is CC(=O)N1CCc2cc(NC(=O)Nc3cccc(N4CCOC4=O)c3)ccc21. The normalized spacial score (nSPS) is 15.2. The van der Waals surface area contributed by atoms with Crippen LogP contribution in [0.1, 0.15) is 12.5 Å². The van der Waals surface area contributed by atoms with Crippen LogP contribution in [0.3, 0.4) is 0 Å². The third-order valence-corrected chi connectivity index (χ3v) is 4.79. The number of nitrogens with one attached hydrogen (secondary N) is 2. The molecule has 0 spiro atoms. The minimum atomic E-state index is -0.389. The van der Waals surface area contributed by atoms with Gasteiger partial charge in [-0.1, -0.05) is 6.07 Å². The first kappa shape index (κ1) is 17.8. The molecule has 0 unspecified atom stereocenters. The van der Waals surface area contributed by atoms with E-state index in [9.17, 15) is 14.4 Å². The molecule has 1 fully saturated rings. The molecule has 8 nitrogen and oxygen atoms in total. The Hall–Kier alpha value is -3.55. The molecule has 2 aromatic rings. The molecule has 144 valence electrons. The van der Waals surface area contributed by atoms with E-state index < -0.39 is 0 Å². The molecule has 8 heteroatoms. The van der Waals surface area contributed by atoms with Crippen LogP contribution in [-0.4, -0.2) is 37.7 Å². The molecule has 0 aromatic heterocycles. The molecule has 2 aliphatic rings. The number of ether oxygens (including phenoxy) is 1. The van der Waals surface area contributed by atoms with Crippen molar-refractivity contribution in [2.45, 2.75) is 13.3 Å². The second-order valence-corrected chi connectivity index (χ2v) is 6.66. The lowest BCUT2D eigenvalue weighted by Crippen LogP contribution is -2.25. The third-order valence-electron chi connectivity index (χ3n) is 4.79. The van der Waals surface area contributed by atoms with Gasteiger partial charge in [-0.25, -0.2) is 9.59 Å². The first-order valence-electron chi connectivity index (χ1n) is 9.05. The standard InChI is InChI=1S/C20H20N4O4/c1-13(25)23-8-7-14-11-16(5-6-18(14)23)22-19(26)21-15-3-2-4-17(12-15)24-9-10-28-20(24)27/h2-6,11-12H,7-10H2,1H3,(H2,21,22,26). The van der Waals surface area contributed by atoms with Gasteiger partial charge >= 0.3 is 12.1 Å². The van der Waals surface area contributed by atoms with Crippen molar-refractivity contribution in [3.63, 3.8) is 0 Å². The predicted molar refractivity (Wildman–Crippen MR) is 106 cm³/mol. The first-order chi connectivity index (χ1) is 13.5. The quantitative estimate of drug-likeness (QED) is 0.856. The Bertz CT molecular complexity index is 959. The van der Waals surface area contributed by atoms with Crippen LogP contribution in [0.2, 0.25) is 0 Å². The van der Waals surface area contributed by atoms with Gasteiger partial charge in [0.15, 0.2) is 0 Å². The monoisotopic (exact) mass is 380 g/mol. The molecule has 2 N–H and O–H groups in total. The lowest BCUT2D eigenvalue weighted by atomic mass is 10.1. The maximum atomic E-state index is 12.4. The fourth-order valence-electron chi connectivity index (χ4n) is 3.48. The highest BCUT2D eigenvalue weighted by atomic mass is 16.6. The summed E-state index contributed by atoms with van der Waals surface area (Å²) >= 11 is 0. The van der Waals surface area contributed by atoms with E-state index in [0.717, 1.165) is 17.7 Å². The summed E-state index contributed by atoms with van der Waals surface area (Å²) in [5, 5.41) is 5.57. The Morgan fingerprint density at radius 3 is 2.54 bits per heavy atom. The molecule has 4 amide bonds. The molecule has 2 aromatic carbocycles. The molecular weight excluding hydrogens is 360 g/mol. The Morgan fingerprint density at radius 1 is 1.04 bits per heavy atom. The van der Waals surface area contributed by atoms with Crippen LogP contribution in [0.15, 0.2) is 42.5 Å². The number of urea groups is 1. The van der Waals surface area contributed by atoms with Gasteiger partial charge in [0.1, 0.15) is 6.61 Å². The van der Waals surface area contributed by atoms with Gasteiger partial charge in [0.05, 0.1) is 6.54 Å². The van der Waals surface area contributed by atoms with Crippen molar-refractivity contribution < 1.29 is 19.1 Å². The number of fused-ring (bicyclic) bond motifs is 1. The highest BCUT2D eigenvalue weighted by Gasteiger charge is 2.24. The van der Waals surface area contributed by atoms with Crippen molar-refractivity contribution in [2.75, 3.05) is 40.1 Å². The number of anilines is 4.